The number of carbonyl (C=O) groups is 1. The molecule has 2 aromatic rings. The van der Waals surface area contributed by atoms with E-state index in [1.807, 2.05) is 6.07 Å². The molecule has 0 aliphatic heterocycles. The fourth-order valence-corrected chi connectivity index (χ4v) is 1.79. The van der Waals surface area contributed by atoms with Crippen LogP contribution in [0.5, 0.6) is 0 Å². The normalized spacial score (nSPS) is 9.82. The highest BCUT2D eigenvalue weighted by atomic mass is 16.1. The molecule has 1 heterocycles. The average molecular weight is 295 g/mol. The van der Waals surface area contributed by atoms with Crippen molar-refractivity contribution >= 4 is 17.5 Å². The van der Waals surface area contributed by atoms with E-state index in [-0.39, 0.29) is 5.91 Å². The molecule has 6 nitrogen and oxygen atoms in total. The summed E-state index contributed by atoms with van der Waals surface area (Å²) in [5.74, 6) is 0.201. The molecule has 0 atom stereocenters. The Bertz CT molecular complexity index is 676. The van der Waals surface area contributed by atoms with Gasteiger partial charge in [0.1, 0.15) is 0 Å². The lowest BCUT2D eigenvalue weighted by molar-refractivity contribution is 0.0952. The molecular weight excluding hydrogens is 278 g/mol. The van der Waals surface area contributed by atoms with Crippen molar-refractivity contribution in [1.29, 1.82) is 5.26 Å². The van der Waals surface area contributed by atoms with Gasteiger partial charge in [0.05, 0.1) is 17.2 Å². The average Bonchev–Trinajstić information content (AvgIpc) is 2.56. The number of rotatable bonds is 6. The number of nitrogens with zero attached hydrogens (tertiary/aromatic N) is 3. The minimum absolute atomic E-state index is 0.175. The van der Waals surface area contributed by atoms with Crippen LogP contribution in [0, 0.1) is 11.3 Å². The van der Waals surface area contributed by atoms with Gasteiger partial charge in [0.2, 0.25) is 5.95 Å². The van der Waals surface area contributed by atoms with Gasteiger partial charge >= 0.3 is 0 Å². The fourth-order valence-electron chi connectivity index (χ4n) is 1.79. The number of amides is 1. The molecule has 0 spiro atoms. The van der Waals surface area contributed by atoms with E-state index >= 15 is 0 Å². The van der Waals surface area contributed by atoms with Gasteiger partial charge in [-0.3, -0.25) is 4.79 Å². The minimum atomic E-state index is -0.175. The smallest absolute Gasteiger partial charge is 0.254 e. The Morgan fingerprint density at radius 3 is 2.77 bits per heavy atom. The zero-order valence-corrected chi connectivity index (χ0v) is 12.3. The summed E-state index contributed by atoms with van der Waals surface area (Å²) in [5, 5.41) is 14.7. The quantitative estimate of drug-likeness (QED) is 0.799. The third-order valence-electron chi connectivity index (χ3n) is 2.98. The van der Waals surface area contributed by atoms with Gasteiger partial charge in [-0.2, -0.15) is 5.26 Å². The van der Waals surface area contributed by atoms with Crippen LogP contribution >= 0.6 is 0 Å². The van der Waals surface area contributed by atoms with Crippen LogP contribution < -0.4 is 10.6 Å². The number of anilines is 2. The zero-order chi connectivity index (χ0) is 15.8. The van der Waals surface area contributed by atoms with Crippen molar-refractivity contribution in [2.24, 2.45) is 0 Å². The molecule has 1 aromatic carbocycles. The van der Waals surface area contributed by atoms with E-state index in [1.165, 1.54) is 12.4 Å². The Balaban J connectivity index is 1.99. The standard InChI is InChI=1S/C16H17N5O/c1-2-3-7-18-15(22)13-10-19-16(20-11-13)21-14-6-4-5-12(8-14)9-17/h4-6,8,10-11H,2-3,7H2,1H3,(H,18,22)(H,19,20,21). The molecule has 0 unspecified atom stereocenters. The molecule has 1 amide bonds. The van der Waals surface area contributed by atoms with Gasteiger partial charge < -0.3 is 10.6 Å². The zero-order valence-electron chi connectivity index (χ0n) is 12.3. The third kappa shape index (κ3) is 4.28. The first-order valence-electron chi connectivity index (χ1n) is 7.10. The molecule has 0 aliphatic carbocycles. The highest BCUT2D eigenvalue weighted by Crippen LogP contribution is 2.14. The molecule has 22 heavy (non-hydrogen) atoms. The second kappa shape index (κ2) is 7.74. The molecular formula is C16H17N5O. The summed E-state index contributed by atoms with van der Waals surface area (Å²) in [4.78, 5) is 20.1. The van der Waals surface area contributed by atoms with E-state index in [1.54, 1.807) is 18.2 Å². The molecule has 6 heteroatoms. The van der Waals surface area contributed by atoms with Crippen molar-refractivity contribution in [3.63, 3.8) is 0 Å². The molecule has 0 fully saturated rings. The van der Waals surface area contributed by atoms with E-state index < -0.39 is 0 Å². The lowest BCUT2D eigenvalue weighted by Gasteiger charge is -2.06. The second-order valence-corrected chi connectivity index (χ2v) is 4.72. The molecule has 0 radical (unpaired) electrons. The van der Waals surface area contributed by atoms with Gasteiger partial charge in [-0.25, -0.2) is 9.97 Å². The number of hydrogen-bond acceptors (Lipinski definition) is 5. The molecule has 112 valence electrons. The van der Waals surface area contributed by atoms with Crippen LogP contribution in [0.2, 0.25) is 0 Å². The van der Waals surface area contributed by atoms with Crippen LogP contribution in [0.4, 0.5) is 11.6 Å². The Kier molecular flexibility index (Phi) is 5.44. The summed E-state index contributed by atoms with van der Waals surface area (Å²) in [6.45, 7) is 2.72. The highest BCUT2D eigenvalue weighted by molar-refractivity contribution is 5.93. The largest absolute Gasteiger partial charge is 0.352 e. The summed E-state index contributed by atoms with van der Waals surface area (Å²) >= 11 is 0. The van der Waals surface area contributed by atoms with Crippen LogP contribution in [-0.4, -0.2) is 22.4 Å². The van der Waals surface area contributed by atoms with E-state index in [9.17, 15) is 4.79 Å². The Labute approximate surface area is 129 Å². The number of hydrogen-bond donors (Lipinski definition) is 2. The summed E-state index contributed by atoms with van der Waals surface area (Å²) in [5.41, 5.74) is 1.70. The SMILES string of the molecule is CCCCNC(=O)c1cnc(Nc2cccc(C#N)c2)nc1. The number of unbranched alkanes of at least 4 members (excludes halogenated alkanes) is 1. The molecule has 1 aromatic heterocycles. The first kappa shape index (κ1) is 15.4. The van der Waals surface area contributed by atoms with Gasteiger partial charge in [-0.05, 0) is 24.6 Å². The number of nitriles is 1. The predicted octanol–water partition coefficient (Wildman–Crippen LogP) is 2.62. The third-order valence-corrected chi connectivity index (χ3v) is 2.98. The van der Waals surface area contributed by atoms with E-state index in [0.29, 0.717) is 23.6 Å². The van der Waals surface area contributed by atoms with Crippen LogP contribution in [0.3, 0.4) is 0 Å². The summed E-state index contributed by atoms with van der Waals surface area (Å²) < 4.78 is 0. The summed E-state index contributed by atoms with van der Waals surface area (Å²) in [6, 6.07) is 9.08. The lowest BCUT2D eigenvalue weighted by atomic mass is 10.2. The van der Waals surface area contributed by atoms with Crippen LogP contribution in [0.1, 0.15) is 35.7 Å². The molecule has 0 bridgehead atoms. The van der Waals surface area contributed by atoms with E-state index in [4.69, 9.17) is 5.26 Å². The van der Waals surface area contributed by atoms with Crippen molar-refractivity contribution in [2.75, 3.05) is 11.9 Å². The maximum atomic E-state index is 11.8. The summed E-state index contributed by atoms with van der Waals surface area (Å²) in [7, 11) is 0. The summed E-state index contributed by atoms with van der Waals surface area (Å²) in [6.07, 6.45) is 4.93. The van der Waals surface area contributed by atoms with Crippen LogP contribution in [0.25, 0.3) is 0 Å². The van der Waals surface area contributed by atoms with Gasteiger partial charge in [-0.1, -0.05) is 19.4 Å². The van der Waals surface area contributed by atoms with Gasteiger partial charge in [0.15, 0.2) is 0 Å². The van der Waals surface area contributed by atoms with E-state index in [2.05, 4.69) is 33.6 Å². The van der Waals surface area contributed by atoms with Gasteiger partial charge in [0, 0.05) is 24.6 Å². The Morgan fingerprint density at radius 2 is 2.09 bits per heavy atom. The molecule has 2 N–H and O–H groups in total. The maximum absolute atomic E-state index is 11.8. The van der Waals surface area contributed by atoms with E-state index in [0.717, 1.165) is 18.5 Å². The molecule has 0 saturated heterocycles. The molecule has 0 aliphatic rings. The number of nitrogens with one attached hydrogen (secondary N) is 2. The number of carbonyl (C=O) groups excluding carboxylic acids is 1. The maximum Gasteiger partial charge on any atom is 0.254 e. The van der Waals surface area contributed by atoms with Crippen LogP contribution in [0.15, 0.2) is 36.7 Å². The second-order valence-electron chi connectivity index (χ2n) is 4.72. The number of benzene rings is 1. The Morgan fingerprint density at radius 1 is 1.32 bits per heavy atom. The van der Waals surface area contributed by atoms with Crippen molar-refractivity contribution in [1.82, 2.24) is 15.3 Å². The highest BCUT2D eigenvalue weighted by Gasteiger charge is 2.06. The first-order chi connectivity index (χ1) is 10.7. The lowest BCUT2D eigenvalue weighted by Crippen LogP contribution is -2.24. The van der Waals surface area contributed by atoms with Crippen molar-refractivity contribution in [3.05, 3.63) is 47.8 Å². The van der Waals surface area contributed by atoms with Crippen LogP contribution in [-0.2, 0) is 0 Å². The topological polar surface area (TPSA) is 90.7 Å². The van der Waals surface area contributed by atoms with Crippen molar-refractivity contribution in [2.45, 2.75) is 19.8 Å². The minimum Gasteiger partial charge on any atom is -0.352 e. The van der Waals surface area contributed by atoms with Gasteiger partial charge in [0.25, 0.3) is 5.91 Å². The predicted molar refractivity (Wildman–Crippen MR) is 83.7 cm³/mol. The first-order valence-corrected chi connectivity index (χ1v) is 7.10. The Hall–Kier alpha value is -2.94. The molecule has 2 rings (SSSR count). The van der Waals surface area contributed by atoms with Crippen molar-refractivity contribution < 1.29 is 4.79 Å². The van der Waals surface area contributed by atoms with Crippen molar-refractivity contribution in [3.8, 4) is 6.07 Å². The fraction of sp³-hybridized carbons (Fsp3) is 0.250. The number of aromatic nitrogens is 2. The van der Waals surface area contributed by atoms with Gasteiger partial charge in [-0.15, -0.1) is 0 Å². The monoisotopic (exact) mass is 295 g/mol. The molecule has 0 saturated carbocycles.